The maximum atomic E-state index is 12.8. The summed E-state index contributed by atoms with van der Waals surface area (Å²) in [6.07, 6.45) is 5.25. The molecule has 8 heteroatoms. The van der Waals surface area contributed by atoms with E-state index in [1.54, 1.807) is 12.1 Å². The predicted octanol–water partition coefficient (Wildman–Crippen LogP) is 2.23. The van der Waals surface area contributed by atoms with E-state index in [1.165, 1.54) is 0 Å². The van der Waals surface area contributed by atoms with E-state index in [4.69, 9.17) is 9.47 Å². The number of hydrogen-bond donors (Lipinski definition) is 2. The number of benzene rings is 1. The van der Waals surface area contributed by atoms with Gasteiger partial charge in [-0.3, -0.25) is 14.5 Å². The average molecular weight is 403 g/mol. The van der Waals surface area contributed by atoms with E-state index in [0.29, 0.717) is 25.2 Å². The molecule has 0 radical (unpaired) electrons. The molecule has 8 nitrogen and oxygen atoms in total. The van der Waals surface area contributed by atoms with Crippen LogP contribution in [0.5, 0.6) is 11.5 Å². The molecule has 1 aromatic carbocycles. The monoisotopic (exact) mass is 403 g/mol. The molecule has 2 aliphatic rings. The van der Waals surface area contributed by atoms with Crippen molar-refractivity contribution in [3.8, 4) is 11.5 Å². The molecule has 1 heterocycles. The summed E-state index contributed by atoms with van der Waals surface area (Å²) in [5, 5.41) is 5.53. The van der Waals surface area contributed by atoms with E-state index >= 15 is 0 Å². The van der Waals surface area contributed by atoms with Gasteiger partial charge in [0.25, 0.3) is 5.91 Å². The third kappa shape index (κ3) is 5.19. The minimum atomic E-state index is -0.815. The van der Waals surface area contributed by atoms with Crippen LogP contribution < -0.4 is 20.1 Å². The molecular weight excluding hydrogens is 374 g/mol. The van der Waals surface area contributed by atoms with Gasteiger partial charge < -0.3 is 20.1 Å². The first-order valence-corrected chi connectivity index (χ1v) is 10.3. The van der Waals surface area contributed by atoms with E-state index in [-0.39, 0.29) is 31.5 Å². The fourth-order valence-electron chi connectivity index (χ4n) is 3.85. The molecule has 1 aliphatic heterocycles. The zero-order chi connectivity index (χ0) is 20.7. The molecule has 1 saturated carbocycles. The molecule has 1 saturated heterocycles. The molecule has 3 rings (SSSR count). The van der Waals surface area contributed by atoms with E-state index in [9.17, 15) is 14.4 Å². The lowest BCUT2D eigenvalue weighted by Crippen LogP contribution is -2.47. The normalized spacial score (nSPS) is 18.3. The second kappa shape index (κ2) is 9.62. The second-order valence-corrected chi connectivity index (χ2v) is 7.42. The molecule has 1 spiro atoms. The Kier molecular flexibility index (Phi) is 6.95. The Morgan fingerprint density at radius 3 is 2.31 bits per heavy atom. The van der Waals surface area contributed by atoms with Crippen LogP contribution in [0, 0.1) is 0 Å². The number of carbonyl (C=O) groups is 3. The van der Waals surface area contributed by atoms with Crippen molar-refractivity contribution in [3.05, 3.63) is 24.3 Å². The van der Waals surface area contributed by atoms with Gasteiger partial charge in [0.05, 0.1) is 13.2 Å². The summed E-state index contributed by atoms with van der Waals surface area (Å²) in [4.78, 5) is 38.3. The number of amides is 4. The lowest BCUT2D eigenvalue weighted by molar-refractivity contribution is -0.135. The Labute approximate surface area is 170 Å². The number of nitrogens with zero attached hydrogens (tertiary/aromatic N) is 1. The minimum Gasteiger partial charge on any atom is -0.494 e. The number of ether oxygens (including phenoxy) is 2. The quantitative estimate of drug-likeness (QED) is 0.512. The molecular formula is C21H29N3O5. The maximum Gasteiger partial charge on any atom is 0.325 e. The summed E-state index contributed by atoms with van der Waals surface area (Å²) >= 11 is 0. The van der Waals surface area contributed by atoms with Crippen LogP contribution in [0.1, 0.15) is 45.4 Å². The van der Waals surface area contributed by atoms with Crippen molar-refractivity contribution < 1.29 is 23.9 Å². The number of urea groups is 1. The summed E-state index contributed by atoms with van der Waals surface area (Å²) in [5.74, 6) is 0.792. The Morgan fingerprint density at radius 2 is 1.69 bits per heavy atom. The maximum absolute atomic E-state index is 12.8. The first kappa shape index (κ1) is 21.0. The highest BCUT2D eigenvalue weighted by atomic mass is 16.5. The predicted molar refractivity (Wildman–Crippen MR) is 107 cm³/mol. The van der Waals surface area contributed by atoms with Gasteiger partial charge in [-0.2, -0.15) is 0 Å². The first-order valence-electron chi connectivity index (χ1n) is 10.3. The highest BCUT2D eigenvalue weighted by Crippen LogP contribution is 2.32. The molecule has 1 aromatic rings. The van der Waals surface area contributed by atoms with Crippen molar-refractivity contribution in [3.63, 3.8) is 0 Å². The van der Waals surface area contributed by atoms with Gasteiger partial charge in [-0.1, -0.05) is 25.7 Å². The van der Waals surface area contributed by atoms with Gasteiger partial charge in [0.15, 0.2) is 0 Å². The van der Waals surface area contributed by atoms with E-state index in [2.05, 4.69) is 10.6 Å². The Morgan fingerprint density at radius 1 is 1.07 bits per heavy atom. The van der Waals surface area contributed by atoms with Crippen molar-refractivity contribution in [1.82, 2.24) is 15.5 Å². The fraction of sp³-hybridized carbons (Fsp3) is 0.571. The summed E-state index contributed by atoms with van der Waals surface area (Å²) in [5.41, 5.74) is -0.815. The molecule has 158 valence electrons. The van der Waals surface area contributed by atoms with Gasteiger partial charge in [-0.15, -0.1) is 0 Å². The molecule has 2 N–H and O–H groups in total. The minimum absolute atomic E-state index is 0.268. The highest BCUT2D eigenvalue weighted by Gasteiger charge is 2.51. The van der Waals surface area contributed by atoms with Crippen LogP contribution in [-0.2, 0) is 9.59 Å². The van der Waals surface area contributed by atoms with Crippen LogP contribution in [-0.4, -0.2) is 54.6 Å². The van der Waals surface area contributed by atoms with Gasteiger partial charge in [0.2, 0.25) is 5.91 Å². The second-order valence-electron chi connectivity index (χ2n) is 7.42. The SMILES string of the molecule is CCOc1ccc(OCCNC(=O)CN2C(=O)NC3(CCCCCC3)C2=O)cc1. The fourth-order valence-corrected chi connectivity index (χ4v) is 3.85. The Bertz CT molecular complexity index is 726. The summed E-state index contributed by atoms with van der Waals surface area (Å²) < 4.78 is 10.9. The smallest absolute Gasteiger partial charge is 0.325 e. The van der Waals surface area contributed by atoms with Crippen molar-refractivity contribution in [2.24, 2.45) is 0 Å². The summed E-state index contributed by atoms with van der Waals surface area (Å²) in [6, 6.07) is 6.76. The molecule has 29 heavy (non-hydrogen) atoms. The number of imide groups is 1. The summed E-state index contributed by atoms with van der Waals surface area (Å²) in [6.45, 7) is 2.81. The molecule has 1 aliphatic carbocycles. The van der Waals surface area contributed by atoms with Gasteiger partial charge in [-0.05, 0) is 44.0 Å². The van der Waals surface area contributed by atoms with Crippen LogP contribution >= 0.6 is 0 Å². The third-order valence-electron chi connectivity index (χ3n) is 5.33. The topological polar surface area (TPSA) is 97.0 Å². The Hall–Kier alpha value is -2.77. The third-order valence-corrected chi connectivity index (χ3v) is 5.33. The molecule has 0 bridgehead atoms. The molecule has 2 fully saturated rings. The highest BCUT2D eigenvalue weighted by molar-refractivity contribution is 6.09. The average Bonchev–Trinajstić information content (AvgIpc) is 2.87. The van der Waals surface area contributed by atoms with Crippen molar-refractivity contribution >= 4 is 17.8 Å². The number of carbonyl (C=O) groups excluding carboxylic acids is 3. The molecule has 0 atom stereocenters. The van der Waals surface area contributed by atoms with Crippen LogP contribution in [0.4, 0.5) is 4.79 Å². The van der Waals surface area contributed by atoms with Crippen molar-refractivity contribution in [1.29, 1.82) is 0 Å². The van der Waals surface area contributed by atoms with Crippen LogP contribution in [0.25, 0.3) is 0 Å². The Balaban J connectivity index is 1.42. The molecule has 4 amide bonds. The van der Waals surface area contributed by atoms with Gasteiger partial charge >= 0.3 is 6.03 Å². The van der Waals surface area contributed by atoms with Crippen molar-refractivity contribution in [2.45, 2.75) is 51.0 Å². The first-order chi connectivity index (χ1) is 14.0. The van der Waals surface area contributed by atoms with E-state index < -0.39 is 11.6 Å². The van der Waals surface area contributed by atoms with Crippen LogP contribution in [0.2, 0.25) is 0 Å². The van der Waals surface area contributed by atoms with Crippen LogP contribution in [0.15, 0.2) is 24.3 Å². The van der Waals surface area contributed by atoms with Crippen LogP contribution in [0.3, 0.4) is 0 Å². The summed E-state index contributed by atoms with van der Waals surface area (Å²) in [7, 11) is 0. The zero-order valence-corrected chi connectivity index (χ0v) is 16.9. The molecule has 0 unspecified atom stereocenters. The van der Waals surface area contributed by atoms with Crippen molar-refractivity contribution in [2.75, 3.05) is 26.3 Å². The van der Waals surface area contributed by atoms with Gasteiger partial charge in [-0.25, -0.2) is 4.79 Å². The number of hydrogen-bond acceptors (Lipinski definition) is 5. The lowest BCUT2D eigenvalue weighted by Gasteiger charge is -2.24. The van der Waals surface area contributed by atoms with Gasteiger partial charge in [0.1, 0.15) is 30.2 Å². The largest absolute Gasteiger partial charge is 0.494 e. The van der Waals surface area contributed by atoms with E-state index in [1.807, 2.05) is 19.1 Å². The lowest BCUT2D eigenvalue weighted by atomic mass is 9.90. The zero-order valence-electron chi connectivity index (χ0n) is 16.9. The number of rotatable bonds is 8. The van der Waals surface area contributed by atoms with Gasteiger partial charge in [0, 0.05) is 0 Å². The molecule has 0 aromatic heterocycles. The van der Waals surface area contributed by atoms with E-state index in [0.717, 1.165) is 36.3 Å². The number of nitrogens with one attached hydrogen (secondary N) is 2. The standard InChI is InChI=1S/C21H29N3O5/c1-2-28-16-7-9-17(10-8-16)29-14-13-22-18(25)15-24-19(26)21(23-20(24)27)11-5-3-4-6-12-21/h7-10H,2-6,11-15H2,1H3,(H,22,25)(H,23,27).